The molecule has 0 fully saturated rings. The Morgan fingerprint density at radius 3 is 2.67 bits per heavy atom. The highest BCUT2D eigenvalue weighted by atomic mass is 32.2. The van der Waals surface area contributed by atoms with Crippen LogP contribution in [0.1, 0.15) is 13.8 Å². The Balaban J connectivity index is 2.81. The van der Waals surface area contributed by atoms with Gasteiger partial charge in [-0.1, -0.05) is 13.8 Å². The number of rotatable bonds is 5. The molecule has 6 nitrogen and oxygen atoms in total. The SMILES string of the molecule is CC(C)[C@@H](CO)NS(=O)(=O)c1cnc[nH]1. The second-order valence-corrected chi connectivity index (χ2v) is 5.25. The van der Waals surface area contributed by atoms with Gasteiger partial charge in [0.2, 0.25) is 0 Å². The van der Waals surface area contributed by atoms with Crippen LogP contribution in [0.25, 0.3) is 0 Å². The molecule has 0 aliphatic heterocycles. The second kappa shape index (κ2) is 4.73. The molecule has 1 aromatic rings. The quantitative estimate of drug-likeness (QED) is 0.651. The van der Waals surface area contributed by atoms with Gasteiger partial charge < -0.3 is 10.1 Å². The Morgan fingerprint density at radius 1 is 1.60 bits per heavy atom. The van der Waals surface area contributed by atoms with Crippen molar-refractivity contribution in [1.29, 1.82) is 0 Å². The van der Waals surface area contributed by atoms with E-state index in [1.54, 1.807) is 0 Å². The monoisotopic (exact) mass is 233 g/mol. The van der Waals surface area contributed by atoms with Crippen LogP contribution in [-0.4, -0.2) is 36.1 Å². The van der Waals surface area contributed by atoms with E-state index in [2.05, 4.69) is 14.7 Å². The third-order valence-corrected chi connectivity index (χ3v) is 3.49. The highest BCUT2D eigenvalue weighted by Crippen LogP contribution is 2.07. The van der Waals surface area contributed by atoms with Crippen molar-refractivity contribution >= 4 is 10.0 Å². The van der Waals surface area contributed by atoms with Crippen molar-refractivity contribution in [2.24, 2.45) is 5.92 Å². The maximum absolute atomic E-state index is 11.7. The van der Waals surface area contributed by atoms with Gasteiger partial charge in [0, 0.05) is 6.04 Å². The van der Waals surface area contributed by atoms with Crippen LogP contribution in [0.2, 0.25) is 0 Å². The molecule has 0 aliphatic carbocycles. The van der Waals surface area contributed by atoms with E-state index in [4.69, 9.17) is 5.11 Å². The molecular weight excluding hydrogens is 218 g/mol. The van der Waals surface area contributed by atoms with E-state index >= 15 is 0 Å². The topological polar surface area (TPSA) is 95.1 Å². The molecule has 15 heavy (non-hydrogen) atoms. The summed E-state index contributed by atoms with van der Waals surface area (Å²) in [5.74, 6) is 0.0210. The first-order chi connectivity index (χ1) is 6.97. The van der Waals surface area contributed by atoms with Crippen LogP contribution in [-0.2, 0) is 10.0 Å². The minimum atomic E-state index is -3.60. The molecule has 0 bridgehead atoms. The van der Waals surface area contributed by atoms with Crippen molar-refractivity contribution in [1.82, 2.24) is 14.7 Å². The first-order valence-electron chi connectivity index (χ1n) is 4.59. The highest BCUT2D eigenvalue weighted by molar-refractivity contribution is 7.89. The lowest BCUT2D eigenvalue weighted by atomic mass is 10.1. The van der Waals surface area contributed by atoms with E-state index in [9.17, 15) is 8.42 Å². The van der Waals surface area contributed by atoms with Gasteiger partial charge in [-0.25, -0.2) is 18.1 Å². The van der Waals surface area contributed by atoms with Crippen molar-refractivity contribution in [3.05, 3.63) is 12.5 Å². The summed E-state index contributed by atoms with van der Waals surface area (Å²) in [6.45, 7) is 3.43. The molecule has 0 saturated heterocycles. The fourth-order valence-electron chi connectivity index (χ4n) is 1.04. The van der Waals surface area contributed by atoms with Gasteiger partial charge in [-0.2, -0.15) is 0 Å². The number of aliphatic hydroxyl groups is 1. The van der Waals surface area contributed by atoms with E-state index in [0.29, 0.717) is 0 Å². The normalized spacial score (nSPS) is 14.4. The minimum Gasteiger partial charge on any atom is -0.395 e. The van der Waals surface area contributed by atoms with Crippen molar-refractivity contribution in [3.63, 3.8) is 0 Å². The molecule has 0 aliphatic rings. The first kappa shape index (κ1) is 12.2. The average molecular weight is 233 g/mol. The van der Waals surface area contributed by atoms with Gasteiger partial charge in [-0.05, 0) is 5.92 Å². The predicted molar refractivity (Wildman–Crippen MR) is 54.6 cm³/mol. The number of aliphatic hydroxyl groups excluding tert-OH is 1. The van der Waals surface area contributed by atoms with Crippen molar-refractivity contribution in [2.75, 3.05) is 6.61 Å². The van der Waals surface area contributed by atoms with Crippen LogP contribution in [0.15, 0.2) is 17.6 Å². The van der Waals surface area contributed by atoms with E-state index in [-0.39, 0.29) is 17.6 Å². The Morgan fingerprint density at radius 2 is 2.27 bits per heavy atom. The van der Waals surface area contributed by atoms with E-state index in [0.717, 1.165) is 0 Å². The Hall–Kier alpha value is -0.920. The number of nitrogens with zero attached hydrogens (tertiary/aromatic N) is 1. The van der Waals surface area contributed by atoms with Gasteiger partial charge in [0.25, 0.3) is 10.0 Å². The first-order valence-corrected chi connectivity index (χ1v) is 6.07. The van der Waals surface area contributed by atoms with Gasteiger partial charge in [0.1, 0.15) is 0 Å². The summed E-state index contributed by atoms with van der Waals surface area (Å²) in [7, 11) is -3.60. The summed E-state index contributed by atoms with van der Waals surface area (Å²) in [5.41, 5.74) is 0. The third kappa shape index (κ3) is 3.01. The number of sulfonamides is 1. The summed E-state index contributed by atoms with van der Waals surface area (Å²) in [6, 6.07) is -0.488. The average Bonchev–Trinajstić information content (AvgIpc) is 2.67. The van der Waals surface area contributed by atoms with Crippen LogP contribution in [0.3, 0.4) is 0 Å². The van der Waals surface area contributed by atoms with Crippen LogP contribution < -0.4 is 4.72 Å². The zero-order valence-corrected chi connectivity index (χ0v) is 9.45. The van der Waals surface area contributed by atoms with Gasteiger partial charge in [-0.15, -0.1) is 0 Å². The molecule has 0 radical (unpaired) electrons. The number of imidazole rings is 1. The summed E-state index contributed by atoms with van der Waals surface area (Å²) in [6.07, 6.45) is 2.51. The predicted octanol–water partition coefficient (Wildman–Crippen LogP) is -0.295. The largest absolute Gasteiger partial charge is 0.395 e. The van der Waals surface area contributed by atoms with Crippen molar-refractivity contribution < 1.29 is 13.5 Å². The van der Waals surface area contributed by atoms with Crippen LogP contribution in [0.5, 0.6) is 0 Å². The molecule has 0 aromatic carbocycles. The van der Waals surface area contributed by atoms with Crippen LogP contribution in [0.4, 0.5) is 0 Å². The van der Waals surface area contributed by atoms with Gasteiger partial charge >= 0.3 is 0 Å². The number of aromatic amines is 1. The van der Waals surface area contributed by atoms with E-state index in [1.165, 1.54) is 12.5 Å². The molecule has 0 spiro atoms. The second-order valence-electron chi connectivity index (χ2n) is 3.57. The van der Waals surface area contributed by atoms with E-state index in [1.807, 2.05) is 13.8 Å². The lowest BCUT2D eigenvalue weighted by Crippen LogP contribution is -2.41. The summed E-state index contributed by atoms with van der Waals surface area (Å²) >= 11 is 0. The maximum Gasteiger partial charge on any atom is 0.257 e. The van der Waals surface area contributed by atoms with E-state index < -0.39 is 16.1 Å². The molecule has 86 valence electrons. The Kier molecular flexibility index (Phi) is 3.83. The molecule has 1 rings (SSSR count). The number of aromatic nitrogens is 2. The molecule has 1 heterocycles. The minimum absolute atomic E-state index is 0.00148. The highest BCUT2D eigenvalue weighted by Gasteiger charge is 2.22. The van der Waals surface area contributed by atoms with Crippen molar-refractivity contribution in [3.8, 4) is 0 Å². The fourth-order valence-corrected chi connectivity index (χ4v) is 2.32. The molecular formula is C8H15N3O3S. The van der Waals surface area contributed by atoms with Gasteiger partial charge in [-0.3, -0.25) is 0 Å². The zero-order chi connectivity index (χ0) is 11.5. The molecule has 3 N–H and O–H groups in total. The third-order valence-electron chi connectivity index (χ3n) is 2.07. The number of hydrogen-bond acceptors (Lipinski definition) is 4. The van der Waals surface area contributed by atoms with Gasteiger partial charge in [0.15, 0.2) is 5.03 Å². The summed E-state index contributed by atoms with van der Waals surface area (Å²) in [5, 5.41) is 9.01. The molecule has 1 atom stereocenters. The summed E-state index contributed by atoms with van der Waals surface area (Å²) in [4.78, 5) is 6.13. The number of H-pyrrole nitrogens is 1. The standard InChI is InChI=1S/C8H15N3O3S/c1-6(2)7(4-12)11-15(13,14)8-3-9-5-10-8/h3,5-7,11-12H,4H2,1-2H3,(H,9,10)/t7-/m1/s1. The number of hydrogen-bond donors (Lipinski definition) is 3. The van der Waals surface area contributed by atoms with Crippen LogP contribution >= 0.6 is 0 Å². The zero-order valence-electron chi connectivity index (χ0n) is 8.64. The Bertz CT molecular complexity index is 385. The molecule has 0 unspecified atom stereocenters. The smallest absolute Gasteiger partial charge is 0.257 e. The van der Waals surface area contributed by atoms with Gasteiger partial charge in [0.05, 0.1) is 19.1 Å². The molecule has 0 saturated carbocycles. The number of nitrogens with one attached hydrogen (secondary N) is 2. The maximum atomic E-state index is 11.7. The van der Waals surface area contributed by atoms with Crippen LogP contribution in [0, 0.1) is 5.92 Å². The molecule has 7 heteroatoms. The molecule has 1 aromatic heterocycles. The van der Waals surface area contributed by atoms with Crippen molar-refractivity contribution in [2.45, 2.75) is 24.9 Å². The Labute approximate surface area is 88.8 Å². The molecule has 0 amide bonds. The fraction of sp³-hybridized carbons (Fsp3) is 0.625. The summed E-state index contributed by atoms with van der Waals surface area (Å²) < 4.78 is 25.7. The lowest BCUT2D eigenvalue weighted by molar-refractivity contribution is 0.227. The lowest BCUT2D eigenvalue weighted by Gasteiger charge is -2.18.